The Balaban J connectivity index is 0.00000364. The maximum Gasteiger partial charge on any atom is 0.196 e. The van der Waals surface area contributed by atoms with Crippen molar-refractivity contribution >= 4 is 41.3 Å². The molecule has 0 aromatic heterocycles. The minimum Gasteiger partial charge on any atom is -0.493 e. The van der Waals surface area contributed by atoms with E-state index in [4.69, 9.17) is 9.47 Å². The predicted octanol–water partition coefficient (Wildman–Crippen LogP) is 3.97. The highest BCUT2D eigenvalue weighted by molar-refractivity contribution is 14.0. The maximum absolute atomic E-state index is 5.35. The molecule has 0 heterocycles. The van der Waals surface area contributed by atoms with Crippen molar-refractivity contribution in [3.8, 4) is 11.5 Å². The number of methoxy groups -OCH3 is 2. The molecule has 0 unspecified atom stereocenters. The number of rotatable bonds is 7. The SMILES string of the molecule is CCNC(=NCc1ccc(N(C)C)cc1)Nc1ccc(OC)c(OC)c1.I. The van der Waals surface area contributed by atoms with Crippen molar-refractivity contribution in [3.05, 3.63) is 48.0 Å². The summed E-state index contributed by atoms with van der Waals surface area (Å²) in [5, 5.41) is 6.56. The minimum atomic E-state index is 0. The monoisotopic (exact) mass is 484 g/mol. The maximum atomic E-state index is 5.35. The Morgan fingerprint density at radius 3 is 2.22 bits per heavy atom. The van der Waals surface area contributed by atoms with Crippen LogP contribution in [0.15, 0.2) is 47.5 Å². The molecule has 0 atom stereocenters. The Morgan fingerprint density at radius 1 is 1.00 bits per heavy atom. The molecule has 2 N–H and O–H groups in total. The molecule has 27 heavy (non-hydrogen) atoms. The van der Waals surface area contributed by atoms with Crippen LogP contribution in [-0.4, -0.2) is 40.8 Å². The van der Waals surface area contributed by atoms with Crippen molar-refractivity contribution < 1.29 is 9.47 Å². The second kappa shape index (κ2) is 11.5. The minimum absolute atomic E-state index is 0. The van der Waals surface area contributed by atoms with E-state index in [0.29, 0.717) is 18.0 Å². The van der Waals surface area contributed by atoms with Gasteiger partial charge < -0.3 is 25.0 Å². The number of guanidine groups is 1. The molecule has 0 saturated carbocycles. The first kappa shape index (κ1) is 22.9. The number of nitrogens with one attached hydrogen (secondary N) is 2. The highest BCUT2D eigenvalue weighted by atomic mass is 127. The number of ether oxygens (including phenoxy) is 2. The van der Waals surface area contributed by atoms with E-state index in [1.165, 1.54) is 5.69 Å². The Hall–Kier alpha value is -2.16. The molecule has 2 aromatic rings. The highest BCUT2D eigenvalue weighted by Gasteiger charge is 2.06. The third kappa shape index (κ3) is 6.82. The molecule has 0 fully saturated rings. The summed E-state index contributed by atoms with van der Waals surface area (Å²) in [6.07, 6.45) is 0. The molecule has 0 aliphatic heterocycles. The van der Waals surface area contributed by atoms with E-state index >= 15 is 0 Å². The van der Waals surface area contributed by atoms with Crippen LogP contribution < -0.4 is 25.0 Å². The van der Waals surface area contributed by atoms with E-state index in [1.54, 1.807) is 14.2 Å². The molecule has 2 rings (SSSR count). The Labute approximate surface area is 179 Å². The van der Waals surface area contributed by atoms with Gasteiger partial charge in [-0.25, -0.2) is 4.99 Å². The molecular weight excluding hydrogens is 455 g/mol. The van der Waals surface area contributed by atoms with Crippen LogP contribution in [0.1, 0.15) is 12.5 Å². The van der Waals surface area contributed by atoms with Gasteiger partial charge in [0.25, 0.3) is 0 Å². The van der Waals surface area contributed by atoms with Crippen LogP contribution in [0.25, 0.3) is 0 Å². The summed E-state index contributed by atoms with van der Waals surface area (Å²) < 4.78 is 10.6. The van der Waals surface area contributed by atoms with Gasteiger partial charge in [-0.3, -0.25) is 0 Å². The topological polar surface area (TPSA) is 58.1 Å². The first-order chi connectivity index (χ1) is 12.6. The predicted molar refractivity (Wildman–Crippen MR) is 124 cm³/mol. The molecule has 6 nitrogen and oxygen atoms in total. The zero-order valence-corrected chi connectivity index (χ0v) is 18.9. The van der Waals surface area contributed by atoms with Gasteiger partial charge in [0.05, 0.1) is 20.8 Å². The van der Waals surface area contributed by atoms with E-state index in [1.807, 2.05) is 39.2 Å². The van der Waals surface area contributed by atoms with E-state index in [0.717, 1.165) is 23.8 Å². The Kier molecular flexibility index (Phi) is 9.77. The fraction of sp³-hybridized carbons (Fsp3) is 0.350. The van der Waals surface area contributed by atoms with Crippen molar-refractivity contribution in [1.29, 1.82) is 0 Å². The third-order valence-corrected chi connectivity index (χ3v) is 3.86. The van der Waals surface area contributed by atoms with Crippen molar-refractivity contribution in [2.75, 3.05) is 45.1 Å². The van der Waals surface area contributed by atoms with Crippen LogP contribution in [0.4, 0.5) is 11.4 Å². The number of aliphatic imine (C=N–C) groups is 1. The number of benzene rings is 2. The van der Waals surface area contributed by atoms with Gasteiger partial charge in [0.15, 0.2) is 17.5 Å². The summed E-state index contributed by atoms with van der Waals surface area (Å²) in [6.45, 7) is 3.41. The van der Waals surface area contributed by atoms with Crippen LogP contribution in [0.3, 0.4) is 0 Å². The number of halogens is 1. The summed E-state index contributed by atoms with van der Waals surface area (Å²) in [7, 11) is 7.31. The number of hydrogen-bond donors (Lipinski definition) is 2. The van der Waals surface area contributed by atoms with Crippen LogP contribution >= 0.6 is 24.0 Å². The highest BCUT2D eigenvalue weighted by Crippen LogP contribution is 2.29. The zero-order chi connectivity index (χ0) is 18.9. The molecule has 0 spiro atoms. The molecule has 7 heteroatoms. The molecule has 0 amide bonds. The van der Waals surface area contributed by atoms with Crippen molar-refractivity contribution in [3.63, 3.8) is 0 Å². The number of nitrogens with zero attached hydrogens (tertiary/aromatic N) is 2. The van der Waals surface area contributed by atoms with Gasteiger partial charge in [-0.1, -0.05) is 12.1 Å². The second-order valence-corrected chi connectivity index (χ2v) is 5.95. The molecule has 0 radical (unpaired) electrons. The quantitative estimate of drug-likeness (QED) is 0.354. The summed E-state index contributed by atoms with van der Waals surface area (Å²) in [5.74, 6) is 2.09. The number of anilines is 2. The smallest absolute Gasteiger partial charge is 0.196 e. The van der Waals surface area contributed by atoms with Crippen LogP contribution in [0, 0.1) is 0 Å². The first-order valence-corrected chi connectivity index (χ1v) is 8.61. The van der Waals surface area contributed by atoms with Crippen molar-refractivity contribution in [1.82, 2.24) is 5.32 Å². The fourth-order valence-electron chi connectivity index (χ4n) is 2.43. The van der Waals surface area contributed by atoms with Crippen molar-refractivity contribution in [2.24, 2.45) is 4.99 Å². The molecule has 148 valence electrons. The van der Waals surface area contributed by atoms with Gasteiger partial charge >= 0.3 is 0 Å². The lowest BCUT2D eigenvalue weighted by molar-refractivity contribution is 0.355. The van der Waals surface area contributed by atoms with Crippen molar-refractivity contribution in [2.45, 2.75) is 13.5 Å². The Bertz CT molecular complexity index is 733. The van der Waals surface area contributed by atoms with Crippen LogP contribution in [0.5, 0.6) is 11.5 Å². The summed E-state index contributed by atoms with van der Waals surface area (Å²) in [4.78, 5) is 6.74. The van der Waals surface area contributed by atoms with Gasteiger partial charge in [0.2, 0.25) is 0 Å². The third-order valence-electron chi connectivity index (χ3n) is 3.86. The standard InChI is InChI=1S/C20H28N4O2.HI/c1-6-21-20(22-14-15-7-10-17(11-8-15)24(2)3)23-16-9-12-18(25-4)19(13-16)26-5;/h7-13H,6,14H2,1-5H3,(H2,21,22,23);1H. The van der Waals surface area contributed by atoms with Gasteiger partial charge in [-0.15, -0.1) is 24.0 Å². The van der Waals surface area contributed by atoms with Gasteiger partial charge in [-0.05, 0) is 36.8 Å². The van der Waals surface area contributed by atoms with E-state index in [9.17, 15) is 0 Å². The summed E-state index contributed by atoms with van der Waals surface area (Å²) in [6, 6.07) is 14.1. The molecule has 0 aliphatic carbocycles. The lowest BCUT2D eigenvalue weighted by Gasteiger charge is -2.14. The fourth-order valence-corrected chi connectivity index (χ4v) is 2.43. The van der Waals surface area contributed by atoms with E-state index < -0.39 is 0 Å². The van der Waals surface area contributed by atoms with Gasteiger partial charge in [-0.2, -0.15) is 0 Å². The molecule has 0 aliphatic rings. The van der Waals surface area contributed by atoms with Crippen LogP contribution in [-0.2, 0) is 6.54 Å². The normalized spacial score (nSPS) is 10.6. The Morgan fingerprint density at radius 2 is 1.67 bits per heavy atom. The lowest BCUT2D eigenvalue weighted by atomic mass is 10.2. The van der Waals surface area contributed by atoms with E-state index in [-0.39, 0.29) is 24.0 Å². The zero-order valence-electron chi connectivity index (χ0n) is 16.6. The number of hydrogen-bond acceptors (Lipinski definition) is 4. The van der Waals surface area contributed by atoms with Gasteiger partial charge in [0.1, 0.15) is 0 Å². The summed E-state index contributed by atoms with van der Waals surface area (Å²) >= 11 is 0. The average Bonchev–Trinajstić information content (AvgIpc) is 2.66. The molecule has 2 aromatic carbocycles. The average molecular weight is 484 g/mol. The molecule has 0 bridgehead atoms. The lowest BCUT2D eigenvalue weighted by Crippen LogP contribution is -2.30. The van der Waals surface area contributed by atoms with Crippen LogP contribution in [0.2, 0.25) is 0 Å². The first-order valence-electron chi connectivity index (χ1n) is 8.61. The van der Waals surface area contributed by atoms with E-state index in [2.05, 4.69) is 44.8 Å². The molecular formula is C20H29IN4O2. The largest absolute Gasteiger partial charge is 0.493 e. The van der Waals surface area contributed by atoms with Gasteiger partial charge in [0, 0.05) is 38.1 Å². The molecule has 0 saturated heterocycles. The summed E-state index contributed by atoms with van der Waals surface area (Å²) in [5.41, 5.74) is 3.21. The second-order valence-electron chi connectivity index (χ2n) is 5.95.